The fourth-order valence-corrected chi connectivity index (χ4v) is 2.33. The second kappa shape index (κ2) is 6.78. The Hall–Kier alpha value is -1.26. The average Bonchev–Trinajstić information content (AvgIpc) is 2.47. The van der Waals surface area contributed by atoms with Crippen LogP contribution in [0, 0.1) is 0 Å². The molecule has 1 aliphatic heterocycles. The summed E-state index contributed by atoms with van der Waals surface area (Å²) in [5, 5.41) is 3.36. The van der Waals surface area contributed by atoms with E-state index in [4.69, 9.17) is 15.2 Å². The molecule has 1 aromatic carbocycles. The molecule has 2 atom stereocenters. The third-order valence-electron chi connectivity index (χ3n) is 3.66. The zero-order valence-corrected chi connectivity index (χ0v) is 11.8. The van der Waals surface area contributed by atoms with Crippen molar-refractivity contribution in [2.45, 2.75) is 31.8 Å². The molecule has 19 heavy (non-hydrogen) atoms. The third kappa shape index (κ3) is 3.61. The lowest BCUT2D eigenvalue weighted by Crippen LogP contribution is -2.37. The van der Waals surface area contributed by atoms with Gasteiger partial charge in [-0.2, -0.15) is 0 Å². The summed E-state index contributed by atoms with van der Waals surface area (Å²) in [5.41, 5.74) is 6.92. The van der Waals surface area contributed by atoms with E-state index in [2.05, 4.69) is 24.4 Å². The molecule has 0 saturated carbocycles. The summed E-state index contributed by atoms with van der Waals surface area (Å²) in [6.07, 6.45) is 2.48. The van der Waals surface area contributed by atoms with Gasteiger partial charge in [0.05, 0.1) is 7.11 Å². The summed E-state index contributed by atoms with van der Waals surface area (Å²) in [6, 6.07) is 6.08. The molecule has 0 aromatic heterocycles. The maximum atomic E-state index is 6.08. The van der Waals surface area contributed by atoms with Gasteiger partial charge in [-0.05, 0) is 49.5 Å². The van der Waals surface area contributed by atoms with Crippen LogP contribution in [0.2, 0.25) is 0 Å². The fourth-order valence-electron chi connectivity index (χ4n) is 2.33. The highest BCUT2D eigenvalue weighted by atomic mass is 16.5. The van der Waals surface area contributed by atoms with E-state index in [0.29, 0.717) is 12.5 Å². The standard InChI is InChI=1S/C15H24N2O2/c1-11(9-16)12-5-6-14(18-2)15(8-12)19-13-4-3-7-17-10-13/h5-6,8,11,13,17H,3-4,7,9-10,16H2,1-2H3. The normalized spacial score (nSPS) is 20.9. The van der Waals surface area contributed by atoms with Crippen LogP contribution in [0.15, 0.2) is 18.2 Å². The van der Waals surface area contributed by atoms with Gasteiger partial charge >= 0.3 is 0 Å². The highest BCUT2D eigenvalue weighted by molar-refractivity contribution is 5.44. The molecule has 2 unspecified atom stereocenters. The first-order valence-corrected chi connectivity index (χ1v) is 7.00. The van der Waals surface area contributed by atoms with E-state index in [-0.39, 0.29) is 6.10 Å². The van der Waals surface area contributed by atoms with Crippen molar-refractivity contribution in [3.63, 3.8) is 0 Å². The van der Waals surface area contributed by atoms with E-state index >= 15 is 0 Å². The maximum Gasteiger partial charge on any atom is 0.161 e. The summed E-state index contributed by atoms with van der Waals surface area (Å²) >= 11 is 0. The summed E-state index contributed by atoms with van der Waals surface area (Å²) in [6.45, 7) is 4.74. The molecule has 1 saturated heterocycles. The van der Waals surface area contributed by atoms with Gasteiger partial charge in [-0.1, -0.05) is 13.0 Å². The van der Waals surface area contributed by atoms with Crippen LogP contribution in [-0.2, 0) is 0 Å². The van der Waals surface area contributed by atoms with Crippen molar-refractivity contribution in [3.8, 4) is 11.5 Å². The molecule has 106 valence electrons. The molecule has 4 heteroatoms. The first kappa shape index (κ1) is 14.2. The van der Waals surface area contributed by atoms with Gasteiger partial charge in [0.2, 0.25) is 0 Å². The Balaban J connectivity index is 2.15. The van der Waals surface area contributed by atoms with Crippen molar-refractivity contribution >= 4 is 0 Å². The van der Waals surface area contributed by atoms with Crippen LogP contribution >= 0.6 is 0 Å². The minimum Gasteiger partial charge on any atom is -0.493 e. The summed E-state index contributed by atoms with van der Waals surface area (Å²) in [4.78, 5) is 0. The third-order valence-corrected chi connectivity index (χ3v) is 3.66. The molecule has 0 spiro atoms. The van der Waals surface area contributed by atoms with Gasteiger partial charge in [0.25, 0.3) is 0 Å². The molecule has 0 radical (unpaired) electrons. The number of piperidine rings is 1. The zero-order chi connectivity index (χ0) is 13.7. The maximum absolute atomic E-state index is 6.08. The van der Waals surface area contributed by atoms with E-state index < -0.39 is 0 Å². The molecule has 3 N–H and O–H groups in total. The van der Waals surface area contributed by atoms with Crippen LogP contribution < -0.4 is 20.5 Å². The lowest BCUT2D eigenvalue weighted by atomic mass is 10.0. The van der Waals surface area contributed by atoms with E-state index in [1.54, 1.807) is 7.11 Å². The minimum absolute atomic E-state index is 0.228. The van der Waals surface area contributed by atoms with E-state index in [9.17, 15) is 0 Å². The Morgan fingerprint density at radius 2 is 2.26 bits per heavy atom. The Labute approximate surface area is 115 Å². The summed E-state index contributed by atoms with van der Waals surface area (Å²) < 4.78 is 11.5. The topological polar surface area (TPSA) is 56.5 Å². The van der Waals surface area contributed by atoms with Crippen LogP contribution in [0.3, 0.4) is 0 Å². The van der Waals surface area contributed by atoms with Crippen LogP contribution in [0.1, 0.15) is 31.2 Å². The van der Waals surface area contributed by atoms with Crippen LogP contribution in [-0.4, -0.2) is 32.8 Å². The number of nitrogens with two attached hydrogens (primary N) is 1. The van der Waals surface area contributed by atoms with Crippen molar-refractivity contribution in [2.24, 2.45) is 5.73 Å². The number of ether oxygens (including phenoxy) is 2. The SMILES string of the molecule is COc1ccc(C(C)CN)cc1OC1CCCNC1. The van der Waals surface area contributed by atoms with E-state index in [0.717, 1.165) is 37.4 Å². The Morgan fingerprint density at radius 1 is 1.42 bits per heavy atom. The monoisotopic (exact) mass is 264 g/mol. The molecular formula is C15H24N2O2. The number of methoxy groups -OCH3 is 1. The van der Waals surface area contributed by atoms with Crippen LogP contribution in [0.4, 0.5) is 0 Å². The average molecular weight is 264 g/mol. The van der Waals surface area contributed by atoms with Crippen LogP contribution in [0.25, 0.3) is 0 Å². The fraction of sp³-hybridized carbons (Fsp3) is 0.600. The van der Waals surface area contributed by atoms with Crippen molar-refractivity contribution in [3.05, 3.63) is 23.8 Å². The Morgan fingerprint density at radius 3 is 2.89 bits per heavy atom. The highest BCUT2D eigenvalue weighted by Gasteiger charge is 2.17. The van der Waals surface area contributed by atoms with Gasteiger partial charge in [0.1, 0.15) is 6.10 Å². The lowest BCUT2D eigenvalue weighted by Gasteiger charge is -2.25. The first-order chi connectivity index (χ1) is 9.24. The second-order valence-corrected chi connectivity index (χ2v) is 5.13. The molecular weight excluding hydrogens is 240 g/mol. The molecule has 1 aliphatic rings. The smallest absolute Gasteiger partial charge is 0.161 e. The predicted molar refractivity (Wildman–Crippen MR) is 77.0 cm³/mol. The second-order valence-electron chi connectivity index (χ2n) is 5.13. The zero-order valence-electron chi connectivity index (χ0n) is 11.8. The lowest BCUT2D eigenvalue weighted by molar-refractivity contribution is 0.161. The summed E-state index contributed by atoms with van der Waals surface area (Å²) in [7, 11) is 1.67. The largest absolute Gasteiger partial charge is 0.493 e. The van der Waals surface area contributed by atoms with Crippen molar-refractivity contribution in [2.75, 3.05) is 26.7 Å². The van der Waals surface area contributed by atoms with Crippen molar-refractivity contribution < 1.29 is 9.47 Å². The molecule has 1 aromatic rings. The van der Waals surface area contributed by atoms with Gasteiger partial charge in [0.15, 0.2) is 11.5 Å². The first-order valence-electron chi connectivity index (χ1n) is 7.00. The van der Waals surface area contributed by atoms with Gasteiger partial charge < -0.3 is 20.5 Å². The molecule has 1 fully saturated rings. The minimum atomic E-state index is 0.228. The number of nitrogens with one attached hydrogen (secondary N) is 1. The molecule has 1 heterocycles. The van der Waals surface area contributed by atoms with E-state index in [1.807, 2.05) is 6.07 Å². The molecule has 0 amide bonds. The van der Waals surface area contributed by atoms with E-state index in [1.165, 1.54) is 5.56 Å². The predicted octanol–water partition coefficient (Wildman–Crippen LogP) is 1.89. The number of hydrogen-bond donors (Lipinski definition) is 2. The molecule has 0 aliphatic carbocycles. The van der Waals surface area contributed by atoms with Crippen LogP contribution in [0.5, 0.6) is 11.5 Å². The van der Waals surface area contributed by atoms with Gasteiger partial charge in [-0.25, -0.2) is 0 Å². The molecule has 2 rings (SSSR count). The Kier molecular flexibility index (Phi) is 5.05. The number of benzene rings is 1. The summed E-state index contributed by atoms with van der Waals surface area (Å²) in [5.74, 6) is 1.95. The van der Waals surface area contributed by atoms with Crippen molar-refractivity contribution in [1.29, 1.82) is 0 Å². The molecule has 0 bridgehead atoms. The Bertz CT molecular complexity index is 403. The number of rotatable bonds is 5. The van der Waals surface area contributed by atoms with Crippen molar-refractivity contribution in [1.82, 2.24) is 5.32 Å². The van der Waals surface area contributed by atoms with Gasteiger partial charge in [0, 0.05) is 6.54 Å². The highest BCUT2D eigenvalue weighted by Crippen LogP contribution is 2.32. The van der Waals surface area contributed by atoms with Gasteiger partial charge in [-0.15, -0.1) is 0 Å². The number of hydrogen-bond acceptors (Lipinski definition) is 4. The quantitative estimate of drug-likeness (QED) is 0.852. The van der Waals surface area contributed by atoms with Gasteiger partial charge in [-0.3, -0.25) is 0 Å². The molecule has 4 nitrogen and oxygen atoms in total.